The third-order valence-corrected chi connectivity index (χ3v) is 5.19. The predicted molar refractivity (Wildman–Crippen MR) is 77.2 cm³/mol. The van der Waals surface area contributed by atoms with E-state index in [1.807, 2.05) is 0 Å². The molecule has 0 saturated carbocycles. The molecule has 1 heterocycles. The van der Waals surface area contributed by atoms with E-state index in [-0.39, 0.29) is 30.7 Å². The summed E-state index contributed by atoms with van der Waals surface area (Å²) in [6.45, 7) is 1.44. The molecule has 0 aromatic heterocycles. The number of benzene rings is 1. The van der Waals surface area contributed by atoms with Gasteiger partial charge in [-0.25, -0.2) is 13.2 Å². The van der Waals surface area contributed by atoms with Gasteiger partial charge in [0.1, 0.15) is 6.73 Å². The maximum absolute atomic E-state index is 12.4. The summed E-state index contributed by atoms with van der Waals surface area (Å²) in [5.41, 5.74) is 0. The second-order valence-electron chi connectivity index (χ2n) is 4.62. The lowest BCUT2D eigenvalue weighted by Crippen LogP contribution is -2.53. The summed E-state index contributed by atoms with van der Waals surface area (Å²) in [6.07, 6.45) is 0. The number of nitrogens with one attached hydrogen (secondary N) is 1. The van der Waals surface area contributed by atoms with Crippen molar-refractivity contribution in [3.05, 3.63) is 30.3 Å². The summed E-state index contributed by atoms with van der Waals surface area (Å²) in [6, 6.07) is 8.08. The molecule has 1 aromatic carbocycles. The zero-order valence-corrected chi connectivity index (χ0v) is 12.7. The summed E-state index contributed by atoms with van der Waals surface area (Å²) in [7, 11) is -1.99. The molecule has 21 heavy (non-hydrogen) atoms. The lowest BCUT2D eigenvalue weighted by molar-refractivity contribution is 0.142. The minimum Gasteiger partial charge on any atom is -0.364 e. The number of sulfonamides is 1. The number of amides is 2. The number of nitrogens with zero attached hydrogens (tertiary/aromatic N) is 2. The molecule has 2 amide bonds. The van der Waals surface area contributed by atoms with E-state index in [1.54, 1.807) is 35.2 Å². The number of rotatable bonds is 4. The van der Waals surface area contributed by atoms with Crippen LogP contribution in [0, 0.1) is 0 Å². The fraction of sp³-hybridized carbons (Fsp3) is 0.462. The van der Waals surface area contributed by atoms with Crippen LogP contribution in [-0.4, -0.2) is 63.7 Å². The minimum absolute atomic E-state index is 0.140. The van der Waals surface area contributed by atoms with Crippen LogP contribution in [0.4, 0.5) is 4.79 Å². The normalized spacial score (nSPS) is 16.7. The highest BCUT2D eigenvalue weighted by Crippen LogP contribution is 2.17. The third-order valence-electron chi connectivity index (χ3n) is 3.27. The van der Waals surface area contributed by atoms with Gasteiger partial charge in [0.05, 0.1) is 4.90 Å². The average molecular weight is 313 g/mol. The molecule has 116 valence electrons. The van der Waals surface area contributed by atoms with Crippen molar-refractivity contribution in [3.63, 3.8) is 0 Å². The number of carbonyl (C=O) groups excluding carboxylic acids is 1. The average Bonchev–Trinajstić information content (AvgIpc) is 2.53. The van der Waals surface area contributed by atoms with E-state index < -0.39 is 10.0 Å². The van der Waals surface area contributed by atoms with E-state index in [9.17, 15) is 13.2 Å². The second kappa shape index (κ2) is 6.88. The Morgan fingerprint density at radius 3 is 2.38 bits per heavy atom. The van der Waals surface area contributed by atoms with E-state index in [2.05, 4.69) is 5.32 Å². The maximum atomic E-state index is 12.4. The highest BCUT2D eigenvalue weighted by Gasteiger charge is 2.29. The van der Waals surface area contributed by atoms with Gasteiger partial charge in [-0.2, -0.15) is 4.31 Å². The molecule has 1 fully saturated rings. The molecule has 7 nitrogen and oxygen atoms in total. The van der Waals surface area contributed by atoms with Crippen molar-refractivity contribution < 1.29 is 17.9 Å². The van der Waals surface area contributed by atoms with Gasteiger partial charge >= 0.3 is 6.03 Å². The molecule has 0 unspecified atom stereocenters. The predicted octanol–water partition coefficient (Wildman–Crippen LogP) is 0.306. The number of hydrogen-bond acceptors (Lipinski definition) is 4. The molecule has 8 heteroatoms. The number of carbonyl (C=O) groups is 1. The molecule has 1 aliphatic heterocycles. The van der Waals surface area contributed by atoms with Gasteiger partial charge < -0.3 is 15.0 Å². The Bertz CT molecular complexity index is 568. The van der Waals surface area contributed by atoms with Gasteiger partial charge in [-0.05, 0) is 12.1 Å². The van der Waals surface area contributed by atoms with Crippen molar-refractivity contribution in [2.75, 3.05) is 40.0 Å². The molecule has 0 bridgehead atoms. The van der Waals surface area contributed by atoms with Crippen molar-refractivity contribution in [1.82, 2.24) is 14.5 Å². The zero-order chi connectivity index (χ0) is 15.3. The van der Waals surface area contributed by atoms with Crippen molar-refractivity contribution in [3.8, 4) is 0 Å². The van der Waals surface area contributed by atoms with E-state index in [0.717, 1.165) is 0 Å². The maximum Gasteiger partial charge on any atom is 0.319 e. The van der Waals surface area contributed by atoms with Crippen LogP contribution in [0.2, 0.25) is 0 Å². The van der Waals surface area contributed by atoms with Crippen LogP contribution in [0.5, 0.6) is 0 Å². The minimum atomic E-state index is -3.48. The smallest absolute Gasteiger partial charge is 0.319 e. The van der Waals surface area contributed by atoms with Gasteiger partial charge in [-0.15, -0.1) is 0 Å². The number of ether oxygens (including phenoxy) is 1. The van der Waals surface area contributed by atoms with Gasteiger partial charge in [-0.3, -0.25) is 0 Å². The lowest BCUT2D eigenvalue weighted by atomic mass is 10.4. The Labute approximate surface area is 124 Å². The molecule has 2 rings (SSSR count). The van der Waals surface area contributed by atoms with Crippen LogP contribution >= 0.6 is 0 Å². The standard InChI is InChI=1S/C13H19N3O4S/c1-20-11-14-13(17)15-7-9-16(10-8-15)21(18,19)12-5-3-2-4-6-12/h2-6H,7-11H2,1H3,(H,14,17). The molecular formula is C13H19N3O4S. The zero-order valence-electron chi connectivity index (χ0n) is 11.9. The fourth-order valence-electron chi connectivity index (χ4n) is 2.12. The summed E-state index contributed by atoms with van der Waals surface area (Å²) in [5.74, 6) is 0. The highest BCUT2D eigenvalue weighted by molar-refractivity contribution is 7.89. The molecule has 1 saturated heterocycles. The van der Waals surface area contributed by atoms with Crippen molar-refractivity contribution in [1.29, 1.82) is 0 Å². The van der Waals surface area contributed by atoms with E-state index >= 15 is 0 Å². The Morgan fingerprint density at radius 2 is 1.81 bits per heavy atom. The molecular weight excluding hydrogens is 294 g/mol. The Hall–Kier alpha value is -1.64. The highest BCUT2D eigenvalue weighted by atomic mass is 32.2. The van der Waals surface area contributed by atoms with Gasteiger partial charge in [0.15, 0.2) is 0 Å². The monoisotopic (exact) mass is 313 g/mol. The molecule has 1 aliphatic rings. The molecule has 1 aromatic rings. The largest absolute Gasteiger partial charge is 0.364 e. The molecule has 0 radical (unpaired) electrons. The van der Waals surface area contributed by atoms with Crippen LogP contribution in [0.25, 0.3) is 0 Å². The Kier molecular flexibility index (Phi) is 5.16. The summed E-state index contributed by atoms with van der Waals surface area (Å²) in [5, 5.41) is 2.58. The number of hydrogen-bond donors (Lipinski definition) is 1. The number of piperazine rings is 1. The van der Waals surface area contributed by atoms with Crippen LogP contribution < -0.4 is 5.32 Å². The first-order valence-electron chi connectivity index (χ1n) is 6.62. The van der Waals surface area contributed by atoms with E-state index in [0.29, 0.717) is 13.1 Å². The summed E-state index contributed by atoms with van der Waals surface area (Å²) in [4.78, 5) is 13.6. The van der Waals surface area contributed by atoms with Crippen LogP contribution in [0.1, 0.15) is 0 Å². The summed E-state index contributed by atoms with van der Waals surface area (Å²) >= 11 is 0. The fourth-order valence-corrected chi connectivity index (χ4v) is 3.56. The van der Waals surface area contributed by atoms with Gasteiger partial charge in [0, 0.05) is 33.3 Å². The van der Waals surface area contributed by atoms with Crippen LogP contribution in [-0.2, 0) is 14.8 Å². The summed E-state index contributed by atoms with van der Waals surface area (Å²) < 4.78 is 31.0. The first-order chi connectivity index (χ1) is 10.1. The van der Waals surface area contributed by atoms with Crippen molar-refractivity contribution >= 4 is 16.1 Å². The quantitative estimate of drug-likeness (QED) is 0.811. The van der Waals surface area contributed by atoms with Crippen LogP contribution in [0.15, 0.2) is 35.2 Å². The molecule has 0 atom stereocenters. The van der Waals surface area contributed by atoms with Gasteiger partial charge in [0.25, 0.3) is 0 Å². The first-order valence-corrected chi connectivity index (χ1v) is 8.06. The first kappa shape index (κ1) is 15.7. The number of methoxy groups -OCH3 is 1. The van der Waals surface area contributed by atoms with Crippen LogP contribution in [0.3, 0.4) is 0 Å². The number of urea groups is 1. The third kappa shape index (κ3) is 3.72. The van der Waals surface area contributed by atoms with Crippen molar-refractivity contribution in [2.24, 2.45) is 0 Å². The van der Waals surface area contributed by atoms with Gasteiger partial charge in [-0.1, -0.05) is 18.2 Å². The lowest BCUT2D eigenvalue weighted by Gasteiger charge is -2.33. The molecule has 0 aliphatic carbocycles. The van der Waals surface area contributed by atoms with Gasteiger partial charge in [0.2, 0.25) is 10.0 Å². The molecule has 1 N–H and O–H groups in total. The Balaban J connectivity index is 1.96. The Morgan fingerprint density at radius 1 is 1.19 bits per heavy atom. The second-order valence-corrected chi connectivity index (χ2v) is 6.56. The van der Waals surface area contributed by atoms with Crippen molar-refractivity contribution in [2.45, 2.75) is 4.90 Å². The SMILES string of the molecule is COCNC(=O)N1CCN(S(=O)(=O)c2ccccc2)CC1. The topological polar surface area (TPSA) is 79.0 Å². The van der Waals surface area contributed by atoms with E-state index in [4.69, 9.17) is 4.74 Å². The molecule has 0 spiro atoms. The van der Waals surface area contributed by atoms with E-state index in [1.165, 1.54) is 11.4 Å².